The van der Waals surface area contributed by atoms with E-state index in [0.29, 0.717) is 12.3 Å². The lowest BCUT2D eigenvalue weighted by atomic mass is 9.92. The highest BCUT2D eigenvalue weighted by atomic mass is 16.5. The molecule has 1 aromatic rings. The van der Waals surface area contributed by atoms with E-state index in [4.69, 9.17) is 4.74 Å². The predicted molar refractivity (Wildman–Crippen MR) is 176 cm³/mol. The van der Waals surface area contributed by atoms with E-state index >= 15 is 0 Å². The minimum absolute atomic E-state index is 0.0591. The van der Waals surface area contributed by atoms with Gasteiger partial charge in [0, 0.05) is 38.2 Å². The van der Waals surface area contributed by atoms with Gasteiger partial charge in [-0.3, -0.25) is 14.4 Å². The van der Waals surface area contributed by atoms with Gasteiger partial charge in [-0.1, -0.05) is 98.0 Å². The Labute approximate surface area is 259 Å². The quantitative estimate of drug-likeness (QED) is 0.169. The molecule has 2 heterocycles. The van der Waals surface area contributed by atoms with Crippen molar-refractivity contribution in [2.24, 2.45) is 0 Å². The van der Waals surface area contributed by atoms with Gasteiger partial charge in [-0.15, -0.1) is 0 Å². The second-order valence-corrected chi connectivity index (χ2v) is 10.6. The van der Waals surface area contributed by atoms with Crippen LogP contribution in [0.4, 0.5) is 0 Å². The van der Waals surface area contributed by atoms with Gasteiger partial charge in [0.05, 0.1) is 0 Å². The first kappa shape index (κ1) is 35.3. The lowest BCUT2D eigenvalue weighted by Crippen LogP contribution is -2.31. The molecule has 6 nitrogen and oxygen atoms in total. The van der Waals surface area contributed by atoms with E-state index in [-0.39, 0.29) is 11.5 Å². The Bertz CT molecular complexity index is 1170. The maximum Gasteiger partial charge on any atom is 0.286 e. The van der Waals surface area contributed by atoms with E-state index in [1.54, 1.807) is 19.1 Å². The molecule has 0 spiro atoms. The van der Waals surface area contributed by atoms with Gasteiger partial charge in [0.2, 0.25) is 11.7 Å². The number of likely N-dealkylation sites (tertiary alicyclic amines) is 1. The van der Waals surface area contributed by atoms with Gasteiger partial charge in [0.1, 0.15) is 0 Å². The minimum atomic E-state index is -1.09. The Morgan fingerprint density at radius 2 is 1.40 bits per heavy atom. The molecular formula is C37H50N2O4. The van der Waals surface area contributed by atoms with Crippen molar-refractivity contribution in [2.75, 3.05) is 20.1 Å². The number of ether oxygens (including phenoxy) is 1. The summed E-state index contributed by atoms with van der Waals surface area (Å²) in [6.45, 7) is 5.77. The Balaban J connectivity index is 0.000000326. The summed E-state index contributed by atoms with van der Waals surface area (Å²) in [5.74, 6) is -0.209. The van der Waals surface area contributed by atoms with Gasteiger partial charge >= 0.3 is 0 Å². The van der Waals surface area contributed by atoms with Crippen molar-refractivity contribution in [3.63, 3.8) is 0 Å². The summed E-state index contributed by atoms with van der Waals surface area (Å²) in [6.07, 6.45) is 33.6. The Hall–Kier alpha value is -3.93. The van der Waals surface area contributed by atoms with Crippen molar-refractivity contribution in [1.82, 2.24) is 10.2 Å². The number of unbranched alkanes of at least 4 members (excludes halogenated alkanes) is 1. The molecule has 1 atom stereocenters. The van der Waals surface area contributed by atoms with E-state index in [1.807, 2.05) is 23.1 Å². The molecule has 0 aliphatic carbocycles. The number of benzene rings is 1. The van der Waals surface area contributed by atoms with Crippen LogP contribution in [0.25, 0.3) is 0 Å². The van der Waals surface area contributed by atoms with E-state index < -0.39 is 11.5 Å². The molecular weight excluding hydrogens is 536 g/mol. The largest absolute Gasteiger partial charge is 0.469 e. The number of amides is 2. The summed E-state index contributed by atoms with van der Waals surface area (Å²) < 4.78 is 5.50. The van der Waals surface area contributed by atoms with Gasteiger partial charge in [0.15, 0.2) is 11.4 Å². The summed E-state index contributed by atoms with van der Waals surface area (Å²) in [6, 6.07) is 9.13. The first-order chi connectivity index (χ1) is 20.9. The molecule has 43 heavy (non-hydrogen) atoms. The van der Waals surface area contributed by atoms with Crippen LogP contribution in [-0.4, -0.2) is 42.6 Å². The fourth-order valence-electron chi connectivity index (χ4n) is 4.61. The van der Waals surface area contributed by atoms with Crippen LogP contribution < -0.4 is 5.32 Å². The topological polar surface area (TPSA) is 75.7 Å². The van der Waals surface area contributed by atoms with Gasteiger partial charge in [0.25, 0.3) is 5.91 Å². The molecule has 2 aliphatic heterocycles. The molecule has 1 fully saturated rings. The maximum absolute atomic E-state index is 11.9. The highest BCUT2D eigenvalue weighted by Gasteiger charge is 2.43. The van der Waals surface area contributed by atoms with Crippen LogP contribution in [0.2, 0.25) is 0 Å². The highest BCUT2D eigenvalue weighted by Crippen LogP contribution is 2.34. The second-order valence-electron chi connectivity index (χ2n) is 10.6. The first-order valence-electron chi connectivity index (χ1n) is 15.7. The Kier molecular flexibility index (Phi) is 17.1. The molecule has 232 valence electrons. The third-order valence-electron chi connectivity index (χ3n) is 7.20. The first-order valence-corrected chi connectivity index (χ1v) is 15.7. The lowest BCUT2D eigenvalue weighted by Gasteiger charge is -2.23. The molecule has 0 bridgehead atoms. The number of carbonyl (C=O) groups is 3. The average molecular weight is 587 g/mol. The maximum atomic E-state index is 11.9. The van der Waals surface area contributed by atoms with Crippen molar-refractivity contribution in [3.05, 3.63) is 108 Å². The number of hydrogen-bond acceptors (Lipinski definition) is 4. The second kappa shape index (κ2) is 20.9. The number of hydrogen-bond donors (Lipinski definition) is 1. The molecule has 0 aromatic heterocycles. The molecule has 0 radical (unpaired) electrons. The van der Waals surface area contributed by atoms with Gasteiger partial charge in [-0.2, -0.15) is 0 Å². The van der Waals surface area contributed by atoms with E-state index in [9.17, 15) is 14.4 Å². The van der Waals surface area contributed by atoms with Crippen LogP contribution in [0, 0.1) is 0 Å². The predicted octanol–water partition coefficient (Wildman–Crippen LogP) is 7.66. The number of ketones is 1. The number of likely N-dealkylation sites (N-methyl/N-ethyl adjacent to an activating group) is 1. The molecule has 1 aromatic carbocycles. The molecule has 1 unspecified atom stereocenters. The van der Waals surface area contributed by atoms with E-state index in [1.165, 1.54) is 26.0 Å². The van der Waals surface area contributed by atoms with Crippen LogP contribution in [0.3, 0.4) is 0 Å². The fourth-order valence-corrected chi connectivity index (χ4v) is 4.61. The van der Waals surface area contributed by atoms with Crippen molar-refractivity contribution in [3.8, 4) is 0 Å². The lowest BCUT2D eigenvalue weighted by molar-refractivity contribution is -0.132. The van der Waals surface area contributed by atoms with Crippen LogP contribution in [0.5, 0.6) is 0 Å². The molecule has 2 aliphatic rings. The third kappa shape index (κ3) is 13.3. The number of nitrogens with zero attached hydrogens (tertiary/aromatic N) is 1. The number of nitrogens with one attached hydrogen (secondary N) is 1. The molecule has 6 heteroatoms. The highest BCUT2D eigenvalue weighted by molar-refractivity contribution is 6.07. The van der Waals surface area contributed by atoms with Crippen LogP contribution in [0.15, 0.2) is 103 Å². The summed E-state index contributed by atoms with van der Waals surface area (Å²) in [5, 5.41) is 2.43. The van der Waals surface area contributed by atoms with Crippen LogP contribution in [0.1, 0.15) is 83.6 Å². The summed E-state index contributed by atoms with van der Waals surface area (Å²) in [4.78, 5) is 37.3. The van der Waals surface area contributed by atoms with Crippen LogP contribution in [-0.2, 0) is 24.7 Å². The van der Waals surface area contributed by atoms with E-state index in [0.717, 1.165) is 63.6 Å². The van der Waals surface area contributed by atoms with Gasteiger partial charge < -0.3 is 15.0 Å². The molecule has 0 saturated carbocycles. The van der Waals surface area contributed by atoms with Gasteiger partial charge in [-0.25, -0.2) is 0 Å². The summed E-state index contributed by atoms with van der Waals surface area (Å²) in [5.41, 5.74) is -0.358. The molecule has 3 rings (SSSR count). The Morgan fingerprint density at radius 1 is 0.860 bits per heavy atom. The van der Waals surface area contributed by atoms with Crippen LogP contribution >= 0.6 is 0 Å². The number of allylic oxidation sites excluding steroid dienone is 10. The molecule has 1 N–H and O–H groups in total. The number of carbonyl (C=O) groups excluding carboxylic acids is 3. The zero-order chi connectivity index (χ0) is 31.2. The smallest absolute Gasteiger partial charge is 0.286 e. The van der Waals surface area contributed by atoms with Crippen molar-refractivity contribution in [2.45, 2.75) is 83.7 Å². The summed E-state index contributed by atoms with van der Waals surface area (Å²) >= 11 is 0. The molecule has 2 amide bonds. The van der Waals surface area contributed by atoms with Crippen molar-refractivity contribution < 1.29 is 19.1 Å². The zero-order valence-corrected chi connectivity index (χ0v) is 26.3. The fraction of sp³-hybridized carbons (Fsp3) is 0.432. The average Bonchev–Trinajstić information content (AvgIpc) is 3.68. The monoisotopic (exact) mass is 586 g/mol. The SMILES string of the molecule is CC/C=C\C/C=C\C/C=C\C/C=C\C/C=C\CCCC(=O)N1CCCC1.CNC(=O)C1=CC(=O)C(C)(c2ccccc2)O1. The van der Waals surface area contributed by atoms with E-state index in [2.05, 4.69) is 73.0 Å². The minimum Gasteiger partial charge on any atom is -0.469 e. The Morgan fingerprint density at radius 3 is 1.93 bits per heavy atom. The van der Waals surface area contributed by atoms with Crippen molar-refractivity contribution >= 4 is 17.6 Å². The molecule has 1 saturated heterocycles. The number of rotatable bonds is 15. The standard InChI is InChI=1S/C24H37NO.C13H13NO3/c1-2-3-4-5-6-7-8-9-10-11-12-13-14-15-16-17-18-21-24(26)25-22-19-20-23-25;1-13(9-6-4-3-5-7-9)11(15)8-10(17-13)12(16)14-2/h3-4,6-7,9-10,12-13,15-16H,2,5,8,11,14,17-23H2,1H3;3-8H,1-2H3,(H,14,16)/b4-3-,7-6-,10-9-,13-12-,16-15-;. The van der Waals surface area contributed by atoms with Crippen molar-refractivity contribution in [1.29, 1.82) is 0 Å². The summed E-state index contributed by atoms with van der Waals surface area (Å²) in [7, 11) is 1.50. The zero-order valence-electron chi connectivity index (χ0n) is 26.3. The normalized spacial score (nSPS) is 18.6. The van der Waals surface area contributed by atoms with Gasteiger partial charge in [-0.05, 0) is 64.7 Å². The third-order valence-corrected chi connectivity index (χ3v) is 7.20.